The maximum atomic E-state index is 12.4. The molecular formula is C14H11NO5S. The van der Waals surface area contributed by atoms with Crippen molar-refractivity contribution in [2.45, 2.75) is 4.90 Å². The van der Waals surface area contributed by atoms with Crippen molar-refractivity contribution >= 4 is 21.4 Å². The van der Waals surface area contributed by atoms with Gasteiger partial charge >= 0.3 is 0 Å². The fourth-order valence-electron chi connectivity index (χ4n) is 2.23. The van der Waals surface area contributed by atoms with Crippen LogP contribution < -0.4 is 4.90 Å². The SMILES string of the molecule is O=C(c1ccc(O)c(O)c1)N1CS(=O)(=O)c2ccccc21. The molecule has 2 aromatic carbocycles. The molecule has 108 valence electrons. The summed E-state index contributed by atoms with van der Waals surface area (Å²) in [6.45, 7) is 0. The number of fused-ring (bicyclic) bond motifs is 1. The minimum Gasteiger partial charge on any atom is -0.504 e. The molecule has 0 radical (unpaired) electrons. The Hall–Kier alpha value is -2.54. The number of carbonyl (C=O) groups excluding carboxylic acids is 1. The van der Waals surface area contributed by atoms with Crippen molar-refractivity contribution < 1.29 is 23.4 Å². The van der Waals surface area contributed by atoms with E-state index in [1.165, 1.54) is 18.2 Å². The zero-order valence-corrected chi connectivity index (χ0v) is 11.5. The van der Waals surface area contributed by atoms with Crippen LogP contribution >= 0.6 is 0 Å². The van der Waals surface area contributed by atoms with Gasteiger partial charge in [0.2, 0.25) is 0 Å². The van der Waals surface area contributed by atoms with Gasteiger partial charge in [0.05, 0.1) is 10.6 Å². The van der Waals surface area contributed by atoms with Crippen LogP contribution in [0.2, 0.25) is 0 Å². The monoisotopic (exact) mass is 305 g/mol. The van der Waals surface area contributed by atoms with Gasteiger partial charge in [0.15, 0.2) is 21.3 Å². The highest BCUT2D eigenvalue weighted by Crippen LogP contribution is 2.35. The summed E-state index contributed by atoms with van der Waals surface area (Å²) in [7, 11) is -3.53. The van der Waals surface area contributed by atoms with Gasteiger partial charge in [-0.05, 0) is 30.3 Å². The summed E-state index contributed by atoms with van der Waals surface area (Å²) in [5, 5.41) is 18.7. The first-order chi connectivity index (χ1) is 9.90. The Morgan fingerprint density at radius 3 is 2.48 bits per heavy atom. The molecule has 21 heavy (non-hydrogen) atoms. The molecule has 0 fully saturated rings. The van der Waals surface area contributed by atoms with E-state index in [1.807, 2.05) is 0 Å². The van der Waals surface area contributed by atoms with Crippen molar-refractivity contribution in [3.05, 3.63) is 48.0 Å². The summed E-state index contributed by atoms with van der Waals surface area (Å²) in [5.41, 5.74) is 0.410. The number of aromatic hydroxyl groups is 2. The molecule has 0 bridgehead atoms. The highest BCUT2D eigenvalue weighted by Gasteiger charge is 2.36. The summed E-state index contributed by atoms with van der Waals surface area (Å²) in [6.07, 6.45) is 0. The van der Waals surface area contributed by atoms with Crippen LogP contribution in [0.25, 0.3) is 0 Å². The Morgan fingerprint density at radius 1 is 1.05 bits per heavy atom. The van der Waals surface area contributed by atoms with Crippen molar-refractivity contribution in [3.63, 3.8) is 0 Å². The van der Waals surface area contributed by atoms with Crippen LogP contribution in [-0.2, 0) is 9.84 Å². The van der Waals surface area contributed by atoms with Crippen LogP contribution in [0.3, 0.4) is 0 Å². The van der Waals surface area contributed by atoms with Gasteiger partial charge in [-0.25, -0.2) is 8.42 Å². The third-order valence-electron chi connectivity index (χ3n) is 3.26. The van der Waals surface area contributed by atoms with E-state index in [9.17, 15) is 23.4 Å². The standard InChI is InChI=1S/C14H11NO5S/c16-11-6-5-9(7-12(11)17)14(18)15-8-21(19,20)13-4-2-1-3-10(13)15/h1-7,16-17H,8H2. The molecule has 0 atom stereocenters. The fourth-order valence-corrected chi connectivity index (χ4v) is 3.75. The molecule has 6 nitrogen and oxygen atoms in total. The number of amides is 1. The zero-order chi connectivity index (χ0) is 15.2. The number of rotatable bonds is 1. The molecule has 1 heterocycles. The molecule has 0 spiro atoms. The summed E-state index contributed by atoms with van der Waals surface area (Å²) in [5.74, 6) is -1.77. The van der Waals surface area contributed by atoms with E-state index >= 15 is 0 Å². The first-order valence-electron chi connectivity index (χ1n) is 6.06. The summed E-state index contributed by atoms with van der Waals surface area (Å²) in [6, 6.07) is 9.85. The quantitative estimate of drug-likeness (QED) is 0.778. The van der Waals surface area contributed by atoms with Crippen molar-refractivity contribution in [1.29, 1.82) is 0 Å². The van der Waals surface area contributed by atoms with Gasteiger partial charge in [-0.2, -0.15) is 0 Å². The second-order valence-electron chi connectivity index (χ2n) is 4.65. The molecule has 1 aliphatic rings. The maximum absolute atomic E-state index is 12.4. The molecule has 0 aromatic heterocycles. The van der Waals surface area contributed by atoms with E-state index < -0.39 is 27.4 Å². The van der Waals surface area contributed by atoms with E-state index in [0.29, 0.717) is 5.69 Å². The van der Waals surface area contributed by atoms with Crippen molar-refractivity contribution in [1.82, 2.24) is 0 Å². The van der Waals surface area contributed by atoms with Gasteiger partial charge in [-0.1, -0.05) is 12.1 Å². The van der Waals surface area contributed by atoms with Gasteiger partial charge in [-0.3, -0.25) is 9.69 Å². The Kier molecular flexibility index (Phi) is 2.87. The molecule has 7 heteroatoms. The molecule has 2 aromatic rings. The first kappa shape index (κ1) is 13.4. The summed E-state index contributed by atoms with van der Waals surface area (Å²) >= 11 is 0. The second kappa shape index (κ2) is 4.49. The third kappa shape index (κ3) is 2.11. The largest absolute Gasteiger partial charge is 0.504 e. The summed E-state index contributed by atoms with van der Waals surface area (Å²) < 4.78 is 24.1. The lowest BCUT2D eigenvalue weighted by atomic mass is 10.1. The minimum absolute atomic E-state index is 0.0946. The average Bonchev–Trinajstić information content (AvgIpc) is 2.74. The fraction of sp³-hybridized carbons (Fsp3) is 0.0714. The number of phenolic OH excluding ortho intramolecular Hbond substituents is 2. The van der Waals surface area contributed by atoms with Crippen molar-refractivity contribution in [3.8, 4) is 11.5 Å². The number of para-hydroxylation sites is 1. The van der Waals surface area contributed by atoms with Gasteiger partial charge in [0.25, 0.3) is 5.91 Å². The molecule has 0 unspecified atom stereocenters. The second-order valence-corrected chi connectivity index (χ2v) is 6.58. The highest BCUT2D eigenvalue weighted by molar-refractivity contribution is 7.92. The Morgan fingerprint density at radius 2 is 1.76 bits per heavy atom. The lowest BCUT2D eigenvalue weighted by Crippen LogP contribution is -2.30. The lowest BCUT2D eigenvalue weighted by molar-refractivity contribution is 0.0991. The van der Waals surface area contributed by atoms with E-state index in [-0.39, 0.29) is 16.2 Å². The van der Waals surface area contributed by atoms with Crippen LogP contribution in [0.4, 0.5) is 5.69 Å². The first-order valence-corrected chi connectivity index (χ1v) is 7.71. The highest BCUT2D eigenvalue weighted by atomic mass is 32.2. The molecule has 2 N–H and O–H groups in total. The van der Waals surface area contributed by atoms with E-state index in [0.717, 1.165) is 11.0 Å². The van der Waals surface area contributed by atoms with Gasteiger partial charge in [0, 0.05) is 5.56 Å². The smallest absolute Gasteiger partial charge is 0.259 e. The molecule has 3 rings (SSSR count). The predicted molar refractivity (Wildman–Crippen MR) is 75.1 cm³/mol. The molecule has 1 amide bonds. The maximum Gasteiger partial charge on any atom is 0.259 e. The van der Waals surface area contributed by atoms with Crippen LogP contribution in [0.5, 0.6) is 11.5 Å². The van der Waals surface area contributed by atoms with Crippen LogP contribution in [0.1, 0.15) is 10.4 Å². The summed E-state index contributed by atoms with van der Waals surface area (Å²) in [4.78, 5) is 13.7. The number of sulfone groups is 1. The number of hydrogen-bond acceptors (Lipinski definition) is 5. The predicted octanol–water partition coefficient (Wildman–Crippen LogP) is 1.49. The minimum atomic E-state index is -3.53. The van der Waals surface area contributed by atoms with Gasteiger partial charge in [0.1, 0.15) is 5.88 Å². The average molecular weight is 305 g/mol. The number of hydrogen-bond donors (Lipinski definition) is 2. The Labute approximate surface area is 120 Å². The zero-order valence-electron chi connectivity index (χ0n) is 10.7. The lowest BCUT2D eigenvalue weighted by Gasteiger charge is -2.15. The molecule has 1 aliphatic heterocycles. The number of phenols is 2. The Bertz CT molecular complexity index is 844. The topological polar surface area (TPSA) is 94.9 Å². The van der Waals surface area contributed by atoms with Crippen molar-refractivity contribution in [2.24, 2.45) is 0 Å². The number of carbonyl (C=O) groups is 1. The number of benzene rings is 2. The van der Waals surface area contributed by atoms with E-state index in [1.54, 1.807) is 18.2 Å². The van der Waals surface area contributed by atoms with Crippen molar-refractivity contribution in [2.75, 3.05) is 10.8 Å². The Balaban J connectivity index is 2.06. The number of nitrogens with zero attached hydrogens (tertiary/aromatic N) is 1. The molecular weight excluding hydrogens is 294 g/mol. The molecule has 0 saturated carbocycles. The van der Waals surface area contributed by atoms with Gasteiger partial charge in [-0.15, -0.1) is 0 Å². The normalized spacial score (nSPS) is 15.7. The van der Waals surface area contributed by atoms with E-state index in [2.05, 4.69) is 0 Å². The van der Waals surface area contributed by atoms with Crippen LogP contribution in [0, 0.1) is 0 Å². The molecule has 0 saturated heterocycles. The molecule has 0 aliphatic carbocycles. The third-order valence-corrected chi connectivity index (χ3v) is 4.87. The number of anilines is 1. The van der Waals surface area contributed by atoms with Crippen LogP contribution in [-0.4, -0.2) is 30.4 Å². The van der Waals surface area contributed by atoms with Gasteiger partial charge < -0.3 is 10.2 Å². The van der Waals surface area contributed by atoms with Crippen LogP contribution in [0.15, 0.2) is 47.4 Å². The van der Waals surface area contributed by atoms with E-state index in [4.69, 9.17) is 0 Å².